The number of nitrogens with one attached hydrogen (secondary N) is 3. The quantitative estimate of drug-likeness (QED) is 0.0549. The summed E-state index contributed by atoms with van der Waals surface area (Å²) in [7, 11) is -6.68. The van der Waals surface area contributed by atoms with E-state index in [-0.39, 0.29) is 22.4 Å². The summed E-state index contributed by atoms with van der Waals surface area (Å²) in [6.07, 6.45) is 7.72. The zero-order chi connectivity index (χ0) is 45.2. The van der Waals surface area contributed by atoms with Crippen LogP contribution in [0.3, 0.4) is 0 Å². The fourth-order valence-corrected chi connectivity index (χ4v) is 11.4. The smallest absolute Gasteiger partial charge is 0.293 e. The van der Waals surface area contributed by atoms with Gasteiger partial charge < -0.3 is 29.4 Å². The standard InChI is InChI=1S/C46H54ClN8O7PS/c1-46(2)14-12-34(40(29-46)32-4-6-35(47)7-5-32)31-53-18-20-54(21-19-53)36-8-10-39(43(27-36)62-37-26-33-13-15-49-44(33)50-30-37)45(56)51-64(60,61)38-9-11-41(42(28-38)55(57)58)48-16-17-52-22-24-63(3,59)25-23-52/h4-11,13,15,26-28,30,48H,12,14,16-25,29,31H2,1-3H3,(H,49,50)(H,51,56). The molecule has 15 nitrogen and oxygen atoms in total. The predicted molar refractivity (Wildman–Crippen MR) is 253 cm³/mol. The zero-order valence-corrected chi connectivity index (χ0v) is 38.8. The number of nitrogens with zero attached hydrogens (tertiary/aromatic N) is 5. The van der Waals surface area contributed by atoms with Crippen LogP contribution in [-0.4, -0.2) is 117 Å². The number of ether oxygens (including phenoxy) is 1. The summed E-state index contributed by atoms with van der Waals surface area (Å²) in [6, 6.07) is 20.3. The van der Waals surface area contributed by atoms with E-state index in [2.05, 4.69) is 60.7 Å². The van der Waals surface area contributed by atoms with Crippen LogP contribution < -0.4 is 19.7 Å². The molecule has 3 aromatic carbocycles. The minimum absolute atomic E-state index is 0.0491. The molecule has 2 saturated heterocycles. The molecule has 0 atom stereocenters. The molecule has 0 radical (unpaired) electrons. The Labute approximate surface area is 378 Å². The van der Waals surface area contributed by atoms with E-state index in [0.29, 0.717) is 49.9 Å². The maximum Gasteiger partial charge on any atom is 0.293 e. The van der Waals surface area contributed by atoms with Gasteiger partial charge in [-0.15, -0.1) is 0 Å². The molecule has 8 rings (SSSR count). The zero-order valence-electron chi connectivity index (χ0n) is 36.3. The highest BCUT2D eigenvalue weighted by atomic mass is 35.5. The number of nitro benzene ring substituents is 1. The maximum absolute atomic E-state index is 13.9. The summed E-state index contributed by atoms with van der Waals surface area (Å²) >= 11 is 6.24. The van der Waals surface area contributed by atoms with Crippen molar-refractivity contribution in [1.82, 2.24) is 24.5 Å². The van der Waals surface area contributed by atoms with E-state index in [4.69, 9.17) is 16.3 Å². The van der Waals surface area contributed by atoms with E-state index >= 15 is 0 Å². The highest BCUT2D eigenvalue weighted by molar-refractivity contribution is 7.90. The van der Waals surface area contributed by atoms with Crippen molar-refractivity contribution in [2.24, 2.45) is 5.41 Å². The van der Waals surface area contributed by atoms with E-state index < -0.39 is 38.6 Å². The van der Waals surface area contributed by atoms with Crippen molar-refractivity contribution in [3.05, 3.63) is 117 Å². The number of pyridine rings is 1. The number of carbonyl (C=O) groups excluding carboxylic acids is 1. The molecule has 0 bridgehead atoms. The van der Waals surface area contributed by atoms with Gasteiger partial charge in [-0.25, -0.2) is 18.1 Å². The lowest BCUT2D eigenvalue weighted by Gasteiger charge is -2.39. The molecule has 3 aliphatic rings. The molecule has 2 fully saturated rings. The van der Waals surface area contributed by atoms with E-state index in [9.17, 15) is 27.9 Å². The van der Waals surface area contributed by atoms with Gasteiger partial charge >= 0.3 is 0 Å². The highest BCUT2D eigenvalue weighted by Crippen LogP contribution is 2.44. The van der Waals surface area contributed by atoms with Gasteiger partial charge in [0.1, 0.15) is 22.8 Å². The van der Waals surface area contributed by atoms with Crippen LogP contribution in [-0.2, 0) is 14.6 Å². The summed E-state index contributed by atoms with van der Waals surface area (Å²) in [4.78, 5) is 39.3. The molecule has 64 heavy (non-hydrogen) atoms. The molecule has 18 heteroatoms. The van der Waals surface area contributed by atoms with E-state index in [1.54, 1.807) is 24.4 Å². The van der Waals surface area contributed by atoms with Crippen LogP contribution in [0.4, 0.5) is 17.1 Å². The van der Waals surface area contributed by atoms with Crippen LogP contribution >= 0.6 is 18.7 Å². The van der Waals surface area contributed by atoms with E-state index in [0.717, 1.165) is 74.1 Å². The van der Waals surface area contributed by atoms with Crippen molar-refractivity contribution in [1.29, 1.82) is 0 Å². The number of fused-ring (bicyclic) bond motifs is 1. The highest BCUT2D eigenvalue weighted by Gasteiger charge is 2.31. The fraction of sp³-hybridized carbons (Fsp3) is 0.391. The number of amides is 1. The lowest BCUT2D eigenvalue weighted by Crippen LogP contribution is -2.47. The number of hydrogen-bond acceptors (Lipinski definition) is 12. The lowest BCUT2D eigenvalue weighted by molar-refractivity contribution is -0.384. The Morgan fingerprint density at radius 3 is 2.47 bits per heavy atom. The van der Waals surface area contributed by atoms with Crippen LogP contribution in [0.5, 0.6) is 11.5 Å². The molecule has 2 aromatic heterocycles. The second kappa shape index (κ2) is 18.7. The Hall–Kier alpha value is -5.25. The number of anilines is 2. The fourth-order valence-electron chi connectivity index (χ4n) is 8.70. The number of piperazine rings is 1. The topological polar surface area (TPSA) is 183 Å². The van der Waals surface area contributed by atoms with E-state index in [1.165, 1.54) is 41.1 Å². The molecule has 3 N–H and O–H groups in total. The third-order valence-electron chi connectivity index (χ3n) is 12.6. The maximum atomic E-state index is 13.9. The van der Waals surface area contributed by atoms with Crippen molar-refractivity contribution >= 4 is 68.3 Å². The Kier molecular flexibility index (Phi) is 13.2. The predicted octanol–water partition coefficient (Wildman–Crippen LogP) is 8.54. The second-order valence-corrected chi connectivity index (χ2v) is 23.6. The molecule has 0 spiro atoms. The van der Waals surface area contributed by atoms with Crippen molar-refractivity contribution in [2.45, 2.75) is 38.0 Å². The number of allylic oxidation sites excluding steroid dienone is 1. The summed E-state index contributed by atoms with van der Waals surface area (Å²) in [5.74, 6) is -0.505. The summed E-state index contributed by atoms with van der Waals surface area (Å²) in [6.45, 7) is 12.7. The number of benzene rings is 3. The molecular weight excluding hydrogens is 875 g/mol. The van der Waals surface area contributed by atoms with Crippen LogP contribution in [0.2, 0.25) is 5.02 Å². The summed E-state index contributed by atoms with van der Waals surface area (Å²) in [5, 5.41) is 16.7. The Balaban J connectivity index is 0.981. The van der Waals surface area contributed by atoms with Crippen molar-refractivity contribution in [3.63, 3.8) is 0 Å². The number of rotatable bonds is 14. The molecule has 338 valence electrons. The van der Waals surface area contributed by atoms with Gasteiger partial charge in [-0.1, -0.05) is 43.2 Å². The number of nitro groups is 1. The molecule has 1 amide bonds. The second-order valence-electron chi connectivity index (χ2n) is 17.9. The molecule has 4 heterocycles. The average molecular weight is 929 g/mol. The molecule has 5 aromatic rings. The van der Waals surface area contributed by atoms with Gasteiger partial charge in [-0.2, -0.15) is 0 Å². The van der Waals surface area contributed by atoms with Gasteiger partial charge in [0, 0.05) is 106 Å². The van der Waals surface area contributed by atoms with Gasteiger partial charge in [0.25, 0.3) is 21.6 Å². The minimum Gasteiger partial charge on any atom is -0.455 e. The van der Waals surface area contributed by atoms with Crippen LogP contribution in [0.25, 0.3) is 16.6 Å². The van der Waals surface area contributed by atoms with E-state index in [1.807, 2.05) is 24.9 Å². The third-order valence-corrected chi connectivity index (χ3v) is 16.4. The SMILES string of the molecule is CC1(C)CCC(CN2CCN(c3ccc(C(=O)NS(=O)(=O)c4ccc(NCCN5CCP(C)(=O)CC5)c([N+](=O)[O-])c4)c(Oc4cnc5[nH]ccc5c4)c3)CC2)=C(c2ccc(Cl)cc2)C1. The minimum atomic E-state index is -4.58. The number of aromatic amines is 1. The van der Waals surface area contributed by atoms with Gasteiger partial charge in [0.05, 0.1) is 28.7 Å². The number of aromatic nitrogens is 2. The number of carbonyl (C=O) groups is 1. The molecule has 1 aliphatic carbocycles. The third kappa shape index (κ3) is 10.8. The Bertz CT molecular complexity index is 2740. The molecule has 0 saturated carbocycles. The van der Waals surface area contributed by atoms with Crippen LogP contribution in [0.1, 0.15) is 49.0 Å². The molecular formula is C46H54ClN8O7PS. The average Bonchev–Trinajstić information content (AvgIpc) is 3.73. The van der Waals surface area contributed by atoms with Crippen molar-refractivity contribution < 1.29 is 27.4 Å². The van der Waals surface area contributed by atoms with Gasteiger partial charge in [0.15, 0.2) is 0 Å². The first-order valence-electron chi connectivity index (χ1n) is 21.6. The van der Waals surface area contributed by atoms with Gasteiger partial charge in [-0.3, -0.25) is 19.8 Å². The van der Waals surface area contributed by atoms with Gasteiger partial charge in [-0.05, 0) is 91.0 Å². The molecule has 0 unspecified atom stereocenters. The number of sulfonamides is 1. The summed E-state index contributed by atoms with van der Waals surface area (Å²) in [5.41, 5.74) is 5.42. The van der Waals surface area contributed by atoms with Crippen molar-refractivity contribution in [3.8, 4) is 11.5 Å². The first kappa shape index (κ1) is 45.3. The van der Waals surface area contributed by atoms with Crippen LogP contribution in [0.15, 0.2) is 95.7 Å². The largest absolute Gasteiger partial charge is 0.455 e. The molecule has 2 aliphatic heterocycles. The number of H-pyrrole nitrogens is 1. The number of halogens is 1. The van der Waals surface area contributed by atoms with Crippen LogP contribution in [0, 0.1) is 15.5 Å². The Morgan fingerprint density at radius 1 is 0.984 bits per heavy atom. The number of hydrogen-bond donors (Lipinski definition) is 3. The van der Waals surface area contributed by atoms with Gasteiger partial charge in [0.2, 0.25) is 0 Å². The first-order valence-corrected chi connectivity index (χ1v) is 26.0. The van der Waals surface area contributed by atoms with Crippen molar-refractivity contribution in [2.75, 3.05) is 88.1 Å². The Morgan fingerprint density at radius 2 is 1.73 bits per heavy atom. The first-order chi connectivity index (χ1) is 30.5. The monoisotopic (exact) mass is 928 g/mol. The normalized spacial score (nSPS) is 18.2. The lowest BCUT2D eigenvalue weighted by atomic mass is 9.72. The summed E-state index contributed by atoms with van der Waals surface area (Å²) < 4.78 is 48.2.